The van der Waals surface area contributed by atoms with Gasteiger partial charge in [0.1, 0.15) is 0 Å². The molecule has 1 atom stereocenters. The largest absolute Gasteiger partial charge is 0.325 e. The smallest absolute Gasteiger partial charge is 0.259 e. The average Bonchev–Trinajstić information content (AvgIpc) is 2.54. The van der Waals surface area contributed by atoms with Crippen LogP contribution in [0.15, 0.2) is 18.2 Å². The monoisotopic (exact) mass is 296 g/mol. The number of alkyl halides is 1. The van der Waals surface area contributed by atoms with E-state index >= 15 is 0 Å². The summed E-state index contributed by atoms with van der Waals surface area (Å²) in [5, 5.41) is 4.82. The summed E-state index contributed by atoms with van der Waals surface area (Å²) in [7, 11) is 0. The van der Waals surface area contributed by atoms with Crippen LogP contribution in [0.3, 0.4) is 0 Å². The van der Waals surface area contributed by atoms with Gasteiger partial charge in [0.05, 0.1) is 16.0 Å². The number of halogens is 1. The van der Waals surface area contributed by atoms with E-state index in [0.29, 0.717) is 11.3 Å². The SMILES string of the molecule is CC(Br)C(=O)Nc1ccc2c(c1)C(=O)NC2=O. The fourth-order valence-corrected chi connectivity index (χ4v) is 1.60. The lowest BCUT2D eigenvalue weighted by molar-refractivity contribution is -0.115. The van der Waals surface area contributed by atoms with E-state index in [4.69, 9.17) is 0 Å². The molecular weight excluding hydrogens is 288 g/mol. The van der Waals surface area contributed by atoms with Gasteiger partial charge in [-0.3, -0.25) is 19.7 Å². The van der Waals surface area contributed by atoms with Crippen LogP contribution in [0.5, 0.6) is 0 Å². The zero-order chi connectivity index (χ0) is 12.6. The summed E-state index contributed by atoms with van der Waals surface area (Å²) in [6.07, 6.45) is 0. The van der Waals surface area contributed by atoms with Gasteiger partial charge in [-0.15, -0.1) is 0 Å². The van der Waals surface area contributed by atoms with Crippen LogP contribution in [-0.4, -0.2) is 22.5 Å². The lowest BCUT2D eigenvalue weighted by Gasteiger charge is -2.07. The molecule has 5 nitrogen and oxygen atoms in total. The second-order valence-electron chi connectivity index (χ2n) is 3.65. The van der Waals surface area contributed by atoms with Crippen molar-refractivity contribution in [1.29, 1.82) is 0 Å². The minimum atomic E-state index is -0.437. The van der Waals surface area contributed by atoms with E-state index in [0.717, 1.165) is 0 Å². The number of amides is 3. The summed E-state index contributed by atoms with van der Waals surface area (Å²) in [6.45, 7) is 1.69. The number of carbonyl (C=O) groups excluding carboxylic acids is 3. The molecule has 2 rings (SSSR count). The van der Waals surface area contributed by atoms with Crippen molar-refractivity contribution < 1.29 is 14.4 Å². The Bertz CT molecular complexity index is 525. The maximum absolute atomic E-state index is 11.4. The Kier molecular flexibility index (Phi) is 2.97. The quantitative estimate of drug-likeness (QED) is 0.638. The molecule has 3 amide bonds. The van der Waals surface area contributed by atoms with Crippen LogP contribution in [0.2, 0.25) is 0 Å². The van der Waals surface area contributed by atoms with Crippen LogP contribution in [-0.2, 0) is 4.79 Å². The van der Waals surface area contributed by atoms with Gasteiger partial charge in [0.2, 0.25) is 5.91 Å². The van der Waals surface area contributed by atoms with Crippen molar-refractivity contribution in [1.82, 2.24) is 5.32 Å². The molecule has 6 heteroatoms. The van der Waals surface area contributed by atoms with Crippen molar-refractivity contribution in [2.45, 2.75) is 11.8 Å². The lowest BCUT2D eigenvalue weighted by atomic mass is 10.1. The lowest BCUT2D eigenvalue weighted by Crippen LogP contribution is -2.20. The topological polar surface area (TPSA) is 75.3 Å². The number of imide groups is 1. The molecule has 0 spiro atoms. The molecule has 0 aromatic heterocycles. The van der Waals surface area contributed by atoms with E-state index in [9.17, 15) is 14.4 Å². The van der Waals surface area contributed by atoms with E-state index in [1.165, 1.54) is 12.1 Å². The zero-order valence-corrected chi connectivity index (χ0v) is 10.5. The van der Waals surface area contributed by atoms with Crippen molar-refractivity contribution in [3.8, 4) is 0 Å². The van der Waals surface area contributed by atoms with Crippen LogP contribution >= 0.6 is 15.9 Å². The number of anilines is 1. The molecular formula is C11H9BrN2O3. The molecule has 0 fully saturated rings. The Morgan fingerprint density at radius 2 is 1.94 bits per heavy atom. The highest BCUT2D eigenvalue weighted by atomic mass is 79.9. The zero-order valence-electron chi connectivity index (χ0n) is 8.91. The number of rotatable bonds is 2. The Balaban J connectivity index is 2.29. The highest BCUT2D eigenvalue weighted by molar-refractivity contribution is 9.10. The molecule has 88 valence electrons. The van der Waals surface area contributed by atoms with Crippen molar-refractivity contribution >= 4 is 39.3 Å². The molecule has 0 radical (unpaired) electrons. The fraction of sp³-hybridized carbons (Fsp3) is 0.182. The van der Waals surface area contributed by atoms with Crippen molar-refractivity contribution in [3.63, 3.8) is 0 Å². The summed E-state index contributed by atoms with van der Waals surface area (Å²) in [5.41, 5.74) is 1.11. The summed E-state index contributed by atoms with van der Waals surface area (Å²) < 4.78 is 0. The van der Waals surface area contributed by atoms with E-state index in [2.05, 4.69) is 26.6 Å². The Morgan fingerprint density at radius 1 is 1.29 bits per heavy atom. The first kappa shape index (κ1) is 11.8. The molecule has 1 unspecified atom stereocenters. The minimum absolute atomic E-state index is 0.213. The first-order valence-corrected chi connectivity index (χ1v) is 5.85. The molecule has 0 bridgehead atoms. The van der Waals surface area contributed by atoms with E-state index < -0.39 is 11.8 Å². The molecule has 1 aliphatic heterocycles. The van der Waals surface area contributed by atoms with E-state index in [-0.39, 0.29) is 16.3 Å². The minimum Gasteiger partial charge on any atom is -0.325 e. The van der Waals surface area contributed by atoms with E-state index in [1.54, 1.807) is 13.0 Å². The van der Waals surface area contributed by atoms with Gasteiger partial charge < -0.3 is 5.32 Å². The molecule has 0 aliphatic carbocycles. The Labute approximate surface area is 106 Å². The number of benzene rings is 1. The summed E-state index contributed by atoms with van der Waals surface area (Å²) >= 11 is 3.14. The molecule has 2 N–H and O–H groups in total. The third-order valence-electron chi connectivity index (χ3n) is 2.36. The van der Waals surface area contributed by atoms with Crippen LogP contribution in [0.4, 0.5) is 5.69 Å². The van der Waals surface area contributed by atoms with Gasteiger partial charge in [-0.2, -0.15) is 0 Å². The maximum atomic E-state index is 11.4. The van der Waals surface area contributed by atoms with Gasteiger partial charge in [0.15, 0.2) is 0 Å². The van der Waals surface area contributed by atoms with Crippen LogP contribution in [0, 0.1) is 0 Å². The molecule has 1 aromatic rings. The maximum Gasteiger partial charge on any atom is 0.259 e. The number of fused-ring (bicyclic) bond motifs is 1. The first-order chi connectivity index (χ1) is 7.99. The molecule has 0 saturated heterocycles. The number of carbonyl (C=O) groups is 3. The fourth-order valence-electron chi connectivity index (χ4n) is 1.49. The van der Waals surface area contributed by atoms with Crippen molar-refractivity contribution in [2.75, 3.05) is 5.32 Å². The normalized spacial score (nSPS) is 15.2. The molecule has 1 aliphatic rings. The van der Waals surface area contributed by atoms with Gasteiger partial charge in [-0.25, -0.2) is 0 Å². The predicted octanol–water partition coefficient (Wildman–Crippen LogP) is 1.29. The first-order valence-electron chi connectivity index (χ1n) is 4.93. The molecule has 17 heavy (non-hydrogen) atoms. The van der Waals surface area contributed by atoms with Gasteiger partial charge in [-0.1, -0.05) is 15.9 Å². The summed E-state index contributed by atoms with van der Waals surface area (Å²) in [4.78, 5) is 33.8. The van der Waals surface area contributed by atoms with Gasteiger partial charge in [0, 0.05) is 5.69 Å². The third kappa shape index (κ3) is 2.21. The molecule has 1 aromatic carbocycles. The second-order valence-corrected chi connectivity index (χ2v) is 5.02. The second kappa shape index (κ2) is 4.29. The van der Waals surface area contributed by atoms with Crippen molar-refractivity contribution in [2.24, 2.45) is 0 Å². The number of hydrogen-bond acceptors (Lipinski definition) is 3. The van der Waals surface area contributed by atoms with Crippen molar-refractivity contribution in [3.05, 3.63) is 29.3 Å². The summed E-state index contributed by atoms with van der Waals surface area (Å²) in [6, 6.07) is 4.59. The average molecular weight is 297 g/mol. The molecule has 0 saturated carbocycles. The van der Waals surface area contributed by atoms with Crippen LogP contribution < -0.4 is 10.6 Å². The highest BCUT2D eigenvalue weighted by Gasteiger charge is 2.26. The standard InChI is InChI=1S/C11H9BrN2O3/c1-5(12)9(15)13-6-2-3-7-8(4-6)11(17)14-10(7)16/h2-5H,1H3,(H,13,15)(H,14,16,17). The number of hydrogen-bond donors (Lipinski definition) is 2. The predicted molar refractivity (Wildman–Crippen MR) is 65.3 cm³/mol. The Hall–Kier alpha value is -1.69. The van der Waals surface area contributed by atoms with Crippen LogP contribution in [0.25, 0.3) is 0 Å². The third-order valence-corrected chi connectivity index (χ3v) is 2.78. The van der Waals surface area contributed by atoms with Gasteiger partial charge in [0.25, 0.3) is 11.8 Å². The van der Waals surface area contributed by atoms with Gasteiger partial charge in [-0.05, 0) is 25.1 Å². The van der Waals surface area contributed by atoms with Gasteiger partial charge >= 0.3 is 0 Å². The van der Waals surface area contributed by atoms with E-state index in [1.807, 2.05) is 0 Å². The van der Waals surface area contributed by atoms with Crippen LogP contribution in [0.1, 0.15) is 27.6 Å². The summed E-state index contributed by atoms with van der Waals surface area (Å²) in [5.74, 6) is -1.06. The number of nitrogens with one attached hydrogen (secondary N) is 2. The molecule has 1 heterocycles. The highest BCUT2D eigenvalue weighted by Crippen LogP contribution is 2.20. The Morgan fingerprint density at radius 3 is 2.59 bits per heavy atom.